The van der Waals surface area contributed by atoms with Gasteiger partial charge in [-0.05, 0) is 67.3 Å². The summed E-state index contributed by atoms with van der Waals surface area (Å²) >= 11 is 0. The lowest BCUT2D eigenvalue weighted by atomic mass is 9.89. The molecule has 4 heteroatoms. The molecule has 3 aromatic carbocycles. The Balaban J connectivity index is 1.63. The monoisotopic (exact) mass is 404 g/mol. The molecule has 0 aromatic heterocycles. The van der Waals surface area contributed by atoms with Gasteiger partial charge in [0.25, 0.3) is 0 Å². The second kappa shape index (κ2) is 7.52. The van der Waals surface area contributed by atoms with Crippen molar-refractivity contribution in [2.75, 3.05) is 0 Å². The van der Waals surface area contributed by atoms with E-state index in [9.17, 15) is 13.6 Å². The van der Waals surface area contributed by atoms with Crippen molar-refractivity contribution in [3.63, 3.8) is 0 Å². The van der Waals surface area contributed by atoms with Crippen LogP contribution in [-0.4, -0.2) is 11.4 Å². The molecular formula is C26H22F2O2. The molecule has 30 heavy (non-hydrogen) atoms. The van der Waals surface area contributed by atoms with Gasteiger partial charge in [-0.25, -0.2) is 8.78 Å². The van der Waals surface area contributed by atoms with Crippen LogP contribution in [0.25, 0.3) is 5.57 Å². The maximum Gasteiger partial charge on any atom is 0.173 e. The van der Waals surface area contributed by atoms with Gasteiger partial charge >= 0.3 is 0 Å². The Labute approximate surface area is 174 Å². The molecule has 0 bridgehead atoms. The van der Waals surface area contributed by atoms with Crippen LogP contribution in [0.2, 0.25) is 0 Å². The molecule has 0 unspecified atom stereocenters. The van der Waals surface area contributed by atoms with Gasteiger partial charge in [0.2, 0.25) is 0 Å². The van der Waals surface area contributed by atoms with E-state index in [2.05, 4.69) is 6.08 Å². The minimum Gasteiger partial charge on any atom is -0.483 e. The highest BCUT2D eigenvalue weighted by Gasteiger charge is 2.27. The molecule has 3 aromatic rings. The number of rotatable bonds is 4. The fourth-order valence-corrected chi connectivity index (χ4v) is 3.75. The molecule has 1 heterocycles. The lowest BCUT2D eigenvalue weighted by molar-refractivity contribution is 0.0985. The molecule has 4 rings (SSSR count). The van der Waals surface area contributed by atoms with Crippen LogP contribution in [0.4, 0.5) is 8.78 Å². The Morgan fingerprint density at radius 2 is 1.63 bits per heavy atom. The highest BCUT2D eigenvalue weighted by Crippen LogP contribution is 2.39. The summed E-state index contributed by atoms with van der Waals surface area (Å²) in [5, 5.41) is 0. The lowest BCUT2D eigenvalue weighted by Crippen LogP contribution is -2.29. The summed E-state index contributed by atoms with van der Waals surface area (Å²) in [6, 6.07) is 17.1. The molecule has 0 fully saturated rings. The van der Waals surface area contributed by atoms with Gasteiger partial charge in [-0.15, -0.1) is 0 Å². The Bertz CT molecular complexity index is 1140. The molecule has 152 valence electrons. The van der Waals surface area contributed by atoms with Crippen LogP contribution < -0.4 is 4.74 Å². The standard InChI is InChI=1S/C26H22F2O2/c1-16-7-12-19-20(15-26(2,3)30-24(19)13-16)18-10-8-17(9-11-18)14-23(29)25-21(27)5-4-6-22(25)28/h4-13,15H,14H2,1-3H3. The largest absolute Gasteiger partial charge is 0.483 e. The number of carbonyl (C=O) groups is 1. The summed E-state index contributed by atoms with van der Waals surface area (Å²) in [5.74, 6) is -1.41. The molecule has 0 saturated carbocycles. The van der Waals surface area contributed by atoms with Gasteiger partial charge in [0.1, 0.15) is 23.0 Å². The zero-order valence-corrected chi connectivity index (χ0v) is 17.1. The summed E-state index contributed by atoms with van der Waals surface area (Å²) in [5.41, 5.74) is 3.94. The third kappa shape index (κ3) is 3.90. The third-order valence-electron chi connectivity index (χ3n) is 5.16. The number of ketones is 1. The average Bonchev–Trinajstić information content (AvgIpc) is 2.67. The first-order valence-corrected chi connectivity index (χ1v) is 9.83. The number of benzene rings is 3. The fourth-order valence-electron chi connectivity index (χ4n) is 3.75. The summed E-state index contributed by atoms with van der Waals surface area (Å²) < 4.78 is 33.9. The van der Waals surface area contributed by atoms with E-state index in [1.165, 1.54) is 6.07 Å². The predicted octanol–water partition coefficient (Wildman–Crippen LogP) is 6.30. The zero-order valence-electron chi connectivity index (χ0n) is 17.1. The average molecular weight is 404 g/mol. The summed E-state index contributed by atoms with van der Waals surface area (Å²) in [4.78, 5) is 12.4. The van der Waals surface area contributed by atoms with E-state index >= 15 is 0 Å². The number of ether oxygens (including phenoxy) is 1. The number of hydrogen-bond acceptors (Lipinski definition) is 2. The van der Waals surface area contributed by atoms with E-state index in [-0.39, 0.29) is 6.42 Å². The minimum atomic E-state index is -0.835. The first-order chi connectivity index (χ1) is 14.2. The van der Waals surface area contributed by atoms with Crippen LogP contribution in [0.15, 0.2) is 66.7 Å². The van der Waals surface area contributed by atoms with Gasteiger partial charge in [-0.3, -0.25) is 4.79 Å². The quantitative estimate of drug-likeness (QED) is 0.477. The number of aryl methyl sites for hydroxylation is 1. The van der Waals surface area contributed by atoms with Crippen molar-refractivity contribution in [1.82, 2.24) is 0 Å². The number of fused-ring (bicyclic) bond motifs is 1. The van der Waals surface area contributed by atoms with E-state index in [1.807, 2.05) is 63.2 Å². The first kappa shape index (κ1) is 20.0. The van der Waals surface area contributed by atoms with Crippen molar-refractivity contribution in [1.29, 1.82) is 0 Å². The van der Waals surface area contributed by atoms with Crippen LogP contribution in [0.1, 0.15) is 46.5 Å². The maximum absolute atomic E-state index is 13.9. The molecule has 1 aliphatic rings. The number of hydrogen-bond donors (Lipinski definition) is 0. The highest BCUT2D eigenvalue weighted by atomic mass is 19.1. The fraction of sp³-hybridized carbons (Fsp3) is 0.192. The molecule has 0 amide bonds. The number of carbonyl (C=O) groups excluding carboxylic acids is 1. The molecule has 0 radical (unpaired) electrons. The second-order valence-corrected chi connectivity index (χ2v) is 8.16. The second-order valence-electron chi connectivity index (χ2n) is 8.16. The van der Waals surface area contributed by atoms with E-state index in [0.717, 1.165) is 40.1 Å². The van der Waals surface area contributed by atoms with Crippen molar-refractivity contribution in [3.05, 3.63) is 106 Å². The van der Waals surface area contributed by atoms with Crippen LogP contribution in [0, 0.1) is 18.6 Å². The topological polar surface area (TPSA) is 26.3 Å². The molecule has 0 spiro atoms. The Hall–Kier alpha value is -3.27. The predicted molar refractivity (Wildman–Crippen MR) is 114 cm³/mol. The van der Waals surface area contributed by atoms with Gasteiger partial charge < -0.3 is 4.74 Å². The zero-order chi connectivity index (χ0) is 21.5. The third-order valence-corrected chi connectivity index (χ3v) is 5.16. The smallest absolute Gasteiger partial charge is 0.173 e. The summed E-state index contributed by atoms with van der Waals surface area (Å²) in [6.45, 7) is 6.04. The highest BCUT2D eigenvalue weighted by molar-refractivity contribution is 5.98. The normalized spacial score (nSPS) is 14.5. The number of halogens is 2. The van der Waals surface area contributed by atoms with Crippen molar-refractivity contribution in [2.45, 2.75) is 32.8 Å². The first-order valence-electron chi connectivity index (χ1n) is 9.83. The van der Waals surface area contributed by atoms with Gasteiger partial charge in [-0.1, -0.05) is 42.5 Å². The minimum absolute atomic E-state index is 0.0679. The van der Waals surface area contributed by atoms with Crippen molar-refractivity contribution in [2.24, 2.45) is 0 Å². The number of Topliss-reactive ketones (excluding diaryl/α,β-unsaturated/α-hetero) is 1. The molecule has 0 aliphatic carbocycles. The SMILES string of the molecule is Cc1ccc2c(c1)OC(C)(C)C=C2c1ccc(CC(=O)c2c(F)cccc2F)cc1. The molecule has 0 N–H and O–H groups in total. The van der Waals surface area contributed by atoms with E-state index in [0.29, 0.717) is 5.56 Å². The van der Waals surface area contributed by atoms with Crippen molar-refractivity contribution >= 4 is 11.4 Å². The van der Waals surface area contributed by atoms with Crippen LogP contribution in [-0.2, 0) is 6.42 Å². The van der Waals surface area contributed by atoms with Gasteiger partial charge in [0.15, 0.2) is 5.78 Å². The molecule has 0 saturated heterocycles. The maximum atomic E-state index is 13.9. The van der Waals surface area contributed by atoms with Crippen LogP contribution in [0.5, 0.6) is 5.75 Å². The molecule has 2 nitrogen and oxygen atoms in total. The molecule has 0 atom stereocenters. The van der Waals surface area contributed by atoms with Crippen molar-refractivity contribution < 1.29 is 18.3 Å². The Morgan fingerprint density at radius 1 is 0.967 bits per heavy atom. The Kier molecular flexibility index (Phi) is 5.02. The molecular weight excluding hydrogens is 382 g/mol. The van der Waals surface area contributed by atoms with Gasteiger partial charge in [0.05, 0.1) is 5.56 Å². The van der Waals surface area contributed by atoms with Gasteiger partial charge in [-0.2, -0.15) is 0 Å². The summed E-state index contributed by atoms with van der Waals surface area (Å²) in [7, 11) is 0. The summed E-state index contributed by atoms with van der Waals surface area (Å²) in [6.07, 6.45) is 2.01. The lowest BCUT2D eigenvalue weighted by Gasteiger charge is -2.31. The van der Waals surface area contributed by atoms with E-state index in [1.54, 1.807) is 0 Å². The van der Waals surface area contributed by atoms with E-state index < -0.39 is 28.6 Å². The molecule has 1 aliphatic heterocycles. The van der Waals surface area contributed by atoms with Gasteiger partial charge in [0, 0.05) is 12.0 Å². The Morgan fingerprint density at radius 3 is 2.30 bits per heavy atom. The van der Waals surface area contributed by atoms with E-state index in [4.69, 9.17) is 4.74 Å². The van der Waals surface area contributed by atoms with Crippen LogP contribution in [0.3, 0.4) is 0 Å². The van der Waals surface area contributed by atoms with Crippen LogP contribution >= 0.6 is 0 Å². The van der Waals surface area contributed by atoms with Crippen molar-refractivity contribution in [3.8, 4) is 5.75 Å².